The lowest BCUT2D eigenvalue weighted by molar-refractivity contribution is 0.111. The van der Waals surface area contributed by atoms with Gasteiger partial charge in [-0.15, -0.1) is 0 Å². The predicted molar refractivity (Wildman–Crippen MR) is 174 cm³/mol. The van der Waals surface area contributed by atoms with Gasteiger partial charge < -0.3 is 24.8 Å². The Kier molecular flexibility index (Phi) is 10.3. The van der Waals surface area contributed by atoms with Crippen molar-refractivity contribution in [3.05, 3.63) is 70.4 Å². The quantitative estimate of drug-likeness (QED) is 0.146. The Morgan fingerprint density at radius 3 is 2.74 bits per heavy atom. The molecule has 1 aliphatic rings. The number of sulfonamides is 1. The largest absolute Gasteiger partial charge is 0.494 e. The van der Waals surface area contributed by atoms with E-state index in [1.165, 1.54) is 42.5 Å². The molecule has 0 saturated heterocycles. The number of benzene rings is 3. The first-order chi connectivity index (χ1) is 22.4. The summed E-state index contributed by atoms with van der Waals surface area (Å²) in [6.45, 7) is 3.00. The highest BCUT2D eigenvalue weighted by Gasteiger charge is 2.30. The van der Waals surface area contributed by atoms with Gasteiger partial charge in [0.05, 0.1) is 36.0 Å². The summed E-state index contributed by atoms with van der Waals surface area (Å²) in [5.74, 6) is -1.65. The van der Waals surface area contributed by atoms with E-state index >= 15 is 8.78 Å². The number of hydrogen-bond acceptors (Lipinski definition) is 9. The van der Waals surface area contributed by atoms with Crippen molar-refractivity contribution >= 4 is 50.3 Å². The van der Waals surface area contributed by atoms with Gasteiger partial charge in [0, 0.05) is 36.7 Å². The normalized spacial score (nSPS) is 14.1. The van der Waals surface area contributed by atoms with Crippen molar-refractivity contribution in [3.8, 4) is 16.9 Å². The molecule has 250 valence electrons. The zero-order chi connectivity index (χ0) is 33.9. The van der Waals surface area contributed by atoms with Gasteiger partial charge in [-0.3, -0.25) is 4.72 Å². The van der Waals surface area contributed by atoms with Crippen molar-refractivity contribution in [3.63, 3.8) is 0 Å². The molecule has 1 heterocycles. The van der Waals surface area contributed by atoms with E-state index in [2.05, 4.69) is 20.0 Å². The average molecular weight is 690 g/mol. The minimum atomic E-state index is -4.38. The van der Waals surface area contributed by atoms with Gasteiger partial charge in [-0.1, -0.05) is 24.9 Å². The monoisotopic (exact) mass is 689 g/mol. The van der Waals surface area contributed by atoms with Crippen LogP contribution in [0.5, 0.6) is 5.75 Å². The second kappa shape index (κ2) is 14.2. The first-order valence-corrected chi connectivity index (χ1v) is 16.8. The van der Waals surface area contributed by atoms with Gasteiger partial charge >= 0.3 is 6.09 Å². The van der Waals surface area contributed by atoms with E-state index in [0.717, 1.165) is 25.0 Å². The summed E-state index contributed by atoms with van der Waals surface area (Å²) in [6, 6.07) is 7.55. The number of rotatable bonds is 12. The fourth-order valence-electron chi connectivity index (χ4n) is 5.31. The highest BCUT2D eigenvalue weighted by atomic mass is 35.5. The number of aromatic nitrogens is 2. The van der Waals surface area contributed by atoms with Crippen molar-refractivity contribution in [2.75, 3.05) is 43.9 Å². The van der Waals surface area contributed by atoms with E-state index in [9.17, 15) is 18.3 Å². The molecule has 0 aliphatic heterocycles. The van der Waals surface area contributed by atoms with E-state index in [-0.39, 0.29) is 27.2 Å². The molecule has 0 fully saturated rings. The lowest BCUT2D eigenvalue weighted by Gasteiger charge is -2.17. The maximum Gasteiger partial charge on any atom is 0.409 e. The van der Waals surface area contributed by atoms with Crippen LogP contribution in [-0.2, 0) is 21.2 Å². The molecule has 1 aliphatic carbocycles. The molecule has 1 aromatic heterocycles. The molecule has 3 aromatic carbocycles. The van der Waals surface area contributed by atoms with Crippen molar-refractivity contribution < 1.29 is 36.6 Å². The number of aliphatic hydroxyl groups excluding tert-OH is 1. The summed E-state index contributed by atoms with van der Waals surface area (Å²) >= 11 is 6.14. The van der Waals surface area contributed by atoms with Crippen LogP contribution in [0.4, 0.5) is 25.2 Å². The first-order valence-electron chi connectivity index (χ1n) is 14.9. The van der Waals surface area contributed by atoms with Crippen LogP contribution >= 0.6 is 11.6 Å². The third-order valence-corrected chi connectivity index (χ3v) is 9.43. The van der Waals surface area contributed by atoms with E-state index in [1.54, 1.807) is 7.05 Å². The first kappa shape index (κ1) is 34.1. The molecular weight excluding hydrogens is 656 g/mol. The minimum absolute atomic E-state index is 0.0599. The number of nitrogens with zero attached hydrogens (tertiary/aromatic N) is 3. The SMILES string of the molecule is CCCCOC(=O)N(C)CCNc1ncc2cc(-c3c(F)ccc(NS(=O)(=O)c4cc(Cl)cc5c4CC[C@H]5O)c3F)cc(OC)c2n1. The molecule has 47 heavy (non-hydrogen) atoms. The number of aliphatic hydroxyl groups is 1. The molecule has 0 bridgehead atoms. The number of fused-ring (bicyclic) bond motifs is 2. The number of unbranched alkanes of at least 4 members (excludes halogenated alkanes) is 1. The second-order valence-electron chi connectivity index (χ2n) is 11.0. The van der Waals surface area contributed by atoms with Crippen LogP contribution < -0.4 is 14.8 Å². The molecule has 0 saturated carbocycles. The lowest BCUT2D eigenvalue weighted by Crippen LogP contribution is -2.32. The van der Waals surface area contributed by atoms with E-state index in [0.29, 0.717) is 54.6 Å². The van der Waals surface area contributed by atoms with Crippen LogP contribution in [0.3, 0.4) is 0 Å². The summed E-state index contributed by atoms with van der Waals surface area (Å²) < 4.78 is 71.0. The van der Waals surface area contributed by atoms with Crippen molar-refractivity contribution in [2.24, 2.45) is 0 Å². The van der Waals surface area contributed by atoms with Gasteiger partial charge in [-0.05, 0) is 72.4 Å². The second-order valence-corrected chi connectivity index (χ2v) is 13.1. The number of amides is 1. The fraction of sp³-hybridized carbons (Fsp3) is 0.344. The predicted octanol–water partition coefficient (Wildman–Crippen LogP) is 6.30. The van der Waals surface area contributed by atoms with Crippen LogP contribution in [0.15, 0.2) is 47.5 Å². The van der Waals surface area contributed by atoms with Gasteiger partial charge in [0.1, 0.15) is 17.1 Å². The smallest absolute Gasteiger partial charge is 0.409 e. The summed E-state index contributed by atoms with van der Waals surface area (Å²) in [6.07, 6.45) is 2.48. The van der Waals surface area contributed by atoms with E-state index in [1.807, 2.05) is 6.92 Å². The molecule has 4 aromatic rings. The topological polar surface area (TPSA) is 143 Å². The Hall–Kier alpha value is -4.27. The Bertz CT molecular complexity index is 1930. The lowest BCUT2D eigenvalue weighted by atomic mass is 10.0. The van der Waals surface area contributed by atoms with Crippen LogP contribution in [0.2, 0.25) is 5.02 Å². The Morgan fingerprint density at radius 1 is 1.21 bits per heavy atom. The number of anilines is 2. The number of ether oxygens (including phenoxy) is 2. The summed E-state index contributed by atoms with van der Waals surface area (Å²) in [5, 5.41) is 13.8. The van der Waals surface area contributed by atoms with Crippen LogP contribution in [0, 0.1) is 11.6 Å². The van der Waals surface area contributed by atoms with E-state index < -0.39 is 45.1 Å². The van der Waals surface area contributed by atoms with Gasteiger partial charge in [-0.25, -0.2) is 32.0 Å². The number of carbonyl (C=O) groups excluding carboxylic acids is 1. The third-order valence-electron chi connectivity index (χ3n) is 7.78. The summed E-state index contributed by atoms with van der Waals surface area (Å²) in [5.41, 5.74) is 0.232. The Morgan fingerprint density at radius 2 is 2.00 bits per heavy atom. The molecule has 3 N–H and O–H groups in total. The molecule has 11 nitrogen and oxygen atoms in total. The average Bonchev–Trinajstić information content (AvgIpc) is 3.41. The fourth-order valence-corrected chi connectivity index (χ4v) is 6.98. The molecule has 1 amide bonds. The Balaban J connectivity index is 1.39. The summed E-state index contributed by atoms with van der Waals surface area (Å²) in [4.78, 5) is 22.1. The Labute approximate surface area is 275 Å². The molecule has 0 spiro atoms. The van der Waals surface area contributed by atoms with Gasteiger partial charge in [0.2, 0.25) is 5.95 Å². The third kappa shape index (κ3) is 7.34. The number of carbonyl (C=O) groups is 1. The molecule has 5 rings (SSSR count). The van der Waals surface area contributed by atoms with Gasteiger partial charge in [0.25, 0.3) is 10.0 Å². The number of halogens is 3. The van der Waals surface area contributed by atoms with Crippen molar-refractivity contribution in [2.45, 2.75) is 43.6 Å². The highest BCUT2D eigenvalue weighted by Crippen LogP contribution is 2.40. The minimum Gasteiger partial charge on any atom is -0.494 e. The number of nitrogens with one attached hydrogen (secondary N) is 2. The van der Waals surface area contributed by atoms with Crippen molar-refractivity contribution in [1.29, 1.82) is 0 Å². The van der Waals surface area contributed by atoms with E-state index in [4.69, 9.17) is 21.1 Å². The molecular formula is C32H34ClF2N5O6S. The van der Waals surface area contributed by atoms with Gasteiger partial charge in [0.15, 0.2) is 5.82 Å². The standard InChI is InChI=1S/C32H34ClF2N5O6S/c1-4-5-12-46-32(42)40(2)11-10-36-31-37-17-19-13-18(14-26(45-3)30(19)38-31)28-23(34)7-8-24(29(28)35)39-47(43,44)27-16-20(33)15-22-21(27)6-9-25(22)41/h7-8,13-17,25,39,41H,4-6,9-12H2,1-3H3,(H,36,37,38)/t25-/m1/s1. The zero-order valence-electron chi connectivity index (χ0n) is 25.9. The summed E-state index contributed by atoms with van der Waals surface area (Å²) in [7, 11) is -1.38. The highest BCUT2D eigenvalue weighted by molar-refractivity contribution is 7.92. The number of likely N-dealkylation sites (N-methyl/N-ethyl adjacent to an activating group) is 1. The molecule has 0 unspecified atom stereocenters. The molecule has 0 radical (unpaired) electrons. The van der Waals surface area contributed by atoms with Gasteiger partial charge in [-0.2, -0.15) is 0 Å². The van der Waals surface area contributed by atoms with Crippen molar-refractivity contribution in [1.82, 2.24) is 14.9 Å². The number of methoxy groups -OCH3 is 1. The van der Waals surface area contributed by atoms with Crippen LogP contribution in [0.1, 0.15) is 43.4 Å². The maximum absolute atomic E-state index is 16.0. The van der Waals surface area contributed by atoms with Crippen LogP contribution in [-0.4, -0.2) is 68.3 Å². The van der Waals surface area contributed by atoms with Crippen LogP contribution in [0.25, 0.3) is 22.0 Å². The molecule has 1 atom stereocenters. The molecule has 15 heteroatoms. The zero-order valence-corrected chi connectivity index (χ0v) is 27.5. The maximum atomic E-state index is 16.0. The number of hydrogen-bond donors (Lipinski definition) is 3.